The Bertz CT molecular complexity index is 604. The standard InChI is InChI=1S/C19H22O5/c20-17-18(23-12-15-9-5-2-6-10-15)16(13-24-19(17)21)22-11-14-7-3-1-4-8-14/h1-10,16-21H,11-13H2/t16-,17+,18-,19?/m0/s1. The van der Waals surface area contributed by atoms with Crippen LogP contribution in [0.3, 0.4) is 0 Å². The Morgan fingerprint density at radius 2 is 1.38 bits per heavy atom. The monoisotopic (exact) mass is 330 g/mol. The van der Waals surface area contributed by atoms with E-state index < -0.39 is 24.6 Å². The molecule has 128 valence electrons. The maximum atomic E-state index is 10.2. The van der Waals surface area contributed by atoms with Crippen molar-refractivity contribution in [2.24, 2.45) is 0 Å². The average Bonchev–Trinajstić information content (AvgIpc) is 2.63. The molecule has 0 spiro atoms. The average molecular weight is 330 g/mol. The van der Waals surface area contributed by atoms with Gasteiger partial charge in [-0.3, -0.25) is 0 Å². The van der Waals surface area contributed by atoms with Crippen molar-refractivity contribution in [2.75, 3.05) is 6.61 Å². The van der Waals surface area contributed by atoms with Crippen LogP contribution in [0.25, 0.3) is 0 Å². The summed E-state index contributed by atoms with van der Waals surface area (Å²) in [6.45, 7) is 0.897. The molecule has 0 radical (unpaired) electrons. The SMILES string of the molecule is OC1OC[C@H](OCc2ccccc2)[C@H](OCc2ccccc2)[C@H]1O. The van der Waals surface area contributed by atoms with Gasteiger partial charge in [-0.25, -0.2) is 0 Å². The van der Waals surface area contributed by atoms with Gasteiger partial charge in [-0.05, 0) is 11.1 Å². The van der Waals surface area contributed by atoms with Crippen molar-refractivity contribution in [3.05, 3.63) is 71.8 Å². The van der Waals surface area contributed by atoms with Gasteiger partial charge in [-0.1, -0.05) is 60.7 Å². The predicted molar refractivity (Wildman–Crippen MR) is 88.0 cm³/mol. The minimum Gasteiger partial charge on any atom is -0.385 e. The van der Waals surface area contributed by atoms with E-state index in [2.05, 4.69) is 0 Å². The summed E-state index contributed by atoms with van der Waals surface area (Å²) in [5.74, 6) is 0. The molecule has 2 N–H and O–H groups in total. The fraction of sp³-hybridized carbons (Fsp3) is 0.368. The Morgan fingerprint density at radius 3 is 1.96 bits per heavy atom. The van der Waals surface area contributed by atoms with Gasteiger partial charge in [0.15, 0.2) is 6.29 Å². The zero-order valence-electron chi connectivity index (χ0n) is 13.3. The van der Waals surface area contributed by atoms with E-state index in [4.69, 9.17) is 14.2 Å². The van der Waals surface area contributed by atoms with Crippen molar-refractivity contribution in [2.45, 2.75) is 37.8 Å². The zero-order chi connectivity index (χ0) is 16.8. The predicted octanol–water partition coefficient (Wildman–Crippen LogP) is 1.87. The summed E-state index contributed by atoms with van der Waals surface area (Å²) >= 11 is 0. The molecule has 1 fully saturated rings. The van der Waals surface area contributed by atoms with Crippen LogP contribution in [0.4, 0.5) is 0 Å². The highest BCUT2D eigenvalue weighted by Crippen LogP contribution is 2.22. The van der Waals surface area contributed by atoms with Crippen LogP contribution in [-0.4, -0.2) is 41.4 Å². The molecule has 2 aromatic rings. The molecule has 1 aliphatic heterocycles. The van der Waals surface area contributed by atoms with E-state index in [0.717, 1.165) is 11.1 Å². The summed E-state index contributed by atoms with van der Waals surface area (Å²) in [5.41, 5.74) is 2.02. The summed E-state index contributed by atoms with van der Waals surface area (Å²) in [4.78, 5) is 0. The van der Waals surface area contributed by atoms with Gasteiger partial charge in [0.25, 0.3) is 0 Å². The number of benzene rings is 2. The van der Waals surface area contributed by atoms with Crippen LogP contribution < -0.4 is 0 Å². The van der Waals surface area contributed by atoms with Crippen molar-refractivity contribution < 1.29 is 24.4 Å². The highest BCUT2D eigenvalue weighted by atomic mass is 16.6. The summed E-state index contributed by atoms with van der Waals surface area (Å²) in [6, 6.07) is 19.4. The molecule has 24 heavy (non-hydrogen) atoms. The van der Waals surface area contributed by atoms with E-state index in [1.165, 1.54) is 0 Å². The molecule has 4 atom stereocenters. The second-order valence-corrected chi connectivity index (χ2v) is 5.81. The maximum Gasteiger partial charge on any atom is 0.183 e. The van der Waals surface area contributed by atoms with Crippen LogP contribution in [0.2, 0.25) is 0 Å². The van der Waals surface area contributed by atoms with Crippen molar-refractivity contribution in [3.63, 3.8) is 0 Å². The van der Waals surface area contributed by atoms with E-state index >= 15 is 0 Å². The topological polar surface area (TPSA) is 68.2 Å². The molecule has 0 aromatic heterocycles. The molecule has 0 bridgehead atoms. The van der Waals surface area contributed by atoms with E-state index in [-0.39, 0.29) is 6.61 Å². The van der Waals surface area contributed by atoms with Crippen LogP contribution in [-0.2, 0) is 27.4 Å². The lowest BCUT2D eigenvalue weighted by Gasteiger charge is -2.37. The molecular formula is C19H22O5. The molecule has 1 unspecified atom stereocenters. The largest absolute Gasteiger partial charge is 0.385 e. The van der Waals surface area contributed by atoms with Crippen LogP contribution in [0, 0.1) is 0 Å². The Labute approximate surface area is 141 Å². The fourth-order valence-electron chi connectivity index (χ4n) is 2.66. The molecule has 1 heterocycles. The number of ether oxygens (including phenoxy) is 3. The van der Waals surface area contributed by atoms with E-state index in [1.807, 2.05) is 60.7 Å². The number of hydrogen-bond donors (Lipinski definition) is 2. The summed E-state index contributed by atoms with van der Waals surface area (Å²) in [6.07, 6.45) is -3.52. The molecule has 3 rings (SSSR count). The van der Waals surface area contributed by atoms with Crippen LogP contribution in [0.15, 0.2) is 60.7 Å². The van der Waals surface area contributed by atoms with Gasteiger partial charge in [0.2, 0.25) is 0 Å². The van der Waals surface area contributed by atoms with Crippen LogP contribution >= 0.6 is 0 Å². The lowest BCUT2D eigenvalue weighted by Crippen LogP contribution is -2.54. The third-order valence-corrected chi connectivity index (χ3v) is 4.02. The first kappa shape index (κ1) is 17.1. The smallest absolute Gasteiger partial charge is 0.183 e. The minimum absolute atomic E-state index is 0.171. The first-order chi connectivity index (χ1) is 11.7. The number of rotatable bonds is 6. The Hall–Kier alpha value is -1.76. The molecular weight excluding hydrogens is 308 g/mol. The third kappa shape index (κ3) is 4.41. The lowest BCUT2D eigenvalue weighted by atomic mass is 10.0. The number of aliphatic hydroxyl groups is 2. The van der Waals surface area contributed by atoms with Crippen molar-refractivity contribution in [1.29, 1.82) is 0 Å². The Kier molecular flexibility index (Phi) is 5.96. The molecule has 1 saturated heterocycles. The minimum atomic E-state index is -1.26. The van der Waals surface area contributed by atoms with Crippen LogP contribution in [0.5, 0.6) is 0 Å². The molecule has 5 heteroatoms. The Balaban J connectivity index is 1.61. The molecule has 2 aromatic carbocycles. The first-order valence-electron chi connectivity index (χ1n) is 8.03. The van der Waals surface area contributed by atoms with Gasteiger partial charge < -0.3 is 24.4 Å². The first-order valence-corrected chi connectivity index (χ1v) is 8.03. The third-order valence-electron chi connectivity index (χ3n) is 4.02. The van der Waals surface area contributed by atoms with Gasteiger partial charge in [0.05, 0.1) is 19.8 Å². The maximum absolute atomic E-state index is 10.2. The number of hydrogen-bond acceptors (Lipinski definition) is 5. The lowest BCUT2D eigenvalue weighted by molar-refractivity contribution is -0.273. The van der Waals surface area contributed by atoms with E-state index in [9.17, 15) is 10.2 Å². The van der Waals surface area contributed by atoms with Gasteiger partial charge in [0, 0.05) is 0 Å². The second kappa shape index (κ2) is 8.37. The van der Waals surface area contributed by atoms with E-state index in [1.54, 1.807) is 0 Å². The number of aliphatic hydroxyl groups excluding tert-OH is 2. The molecule has 0 amide bonds. The van der Waals surface area contributed by atoms with Crippen molar-refractivity contribution in [1.82, 2.24) is 0 Å². The summed E-state index contributed by atoms with van der Waals surface area (Å²) < 4.78 is 16.9. The molecule has 1 aliphatic rings. The zero-order valence-corrected chi connectivity index (χ0v) is 13.3. The highest BCUT2D eigenvalue weighted by Gasteiger charge is 2.40. The van der Waals surface area contributed by atoms with Gasteiger partial charge in [-0.15, -0.1) is 0 Å². The molecule has 0 aliphatic carbocycles. The molecule has 5 nitrogen and oxygen atoms in total. The second-order valence-electron chi connectivity index (χ2n) is 5.81. The van der Waals surface area contributed by atoms with Crippen LogP contribution in [0.1, 0.15) is 11.1 Å². The van der Waals surface area contributed by atoms with Crippen molar-refractivity contribution in [3.8, 4) is 0 Å². The van der Waals surface area contributed by atoms with E-state index in [0.29, 0.717) is 13.2 Å². The van der Waals surface area contributed by atoms with Gasteiger partial charge in [0.1, 0.15) is 18.3 Å². The normalized spacial score (nSPS) is 27.1. The summed E-state index contributed by atoms with van der Waals surface area (Å²) in [7, 11) is 0. The molecule has 0 saturated carbocycles. The quantitative estimate of drug-likeness (QED) is 0.846. The van der Waals surface area contributed by atoms with Crippen molar-refractivity contribution >= 4 is 0 Å². The van der Waals surface area contributed by atoms with Gasteiger partial charge >= 0.3 is 0 Å². The Morgan fingerprint density at radius 1 is 0.833 bits per heavy atom. The highest BCUT2D eigenvalue weighted by molar-refractivity contribution is 5.14. The summed E-state index contributed by atoms with van der Waals surface area (Å²) in [5, 5.41) is 19.9. The fourth-order valence-corrected chi connectivity index (χ4v) is 2.66. The van der Waals surface area contributed by atoms with Gasteiger partial charge in [-0.2, -0.15) is 0 Å².